The van der Waals surface area contributed by atoms with Gasteiger partial charge in [-0.1, -0.05) is 18.2 Å². The van der Waals surface area contributed by atoms with Crippen molar-refractivity contribution in [3.63, 3.8) is 0 Å². The second kappa shape index (κ2) is 5.93. The van der Waals surface area contributed by atoms with Gasteiger partial charge in [0.2, 0.25) is 15.9 Å². The molecule has 1 saturated heterocycles. The summed E-state index contributed by atoms with van der Waals surface area (Å²) in [7, 11) is -1.93. The Hall–Kier alpha value is -1.40. The normalized spacial score (nSPS) is 20.6. The van der Waals surface area contributed by atoms with E-state index in [0.29, 0.717) is 17.9 Å². The number of nitrogens with one attached hydrogen (secondary N) is 1. The number of piperidine rings is 1. The van der Waals surface area contributed by atoms with Crippen LogP contribution in [0.1, 0.15) is 18.4 Å². The van der Waals surface area contributed by atoms with Crippen molar-refractivity contribution in [2.75, 3.05) is 20.1 Å². The molecule has 1 aromatic carbocycles. The highest BCUT2D eigenvalue weighted by Gasteiger charge is 2.33. The topological polar surface area (TPSA) is 66.5 Å². The van der Waals surface area contributed by atoms with Crippen LogP contribution in [0.25, 0.3) is 0 Å². The molecule has 0 aromatic heterocycles. The fraction of sp³-hybridized carbons (Fsp3) is 0.500. The van der Waals surface area contributed by atoms with Gasteiger partial charge in [0.1, 0.15) is 0 Å². The smallest absolute Gasteiger partial charge is 0.243 e. The molecule has 0 spiro atoms. The minimum Gasteiger partial charge on any atom is -0.359 e. The van der Waals surface area contributed by atoms with E-state index >= 15 is 0 Å². The van der Waals surface area contributed by atoms with Gasteiger partial charge in [-0.2, -0.15) is 4.31 Å². The number of rotatable bonds is 3. The highest BCUT2D eigenvalue weighted by molar-refractivity contribution is 7.89. The van der Waals surface area contributed by atoms with Crippen molar-refractivity contribution in [1.82, 2.24) is 9.62 Å². The molecule has 1 N–H and O–H groups in total. The average molecular weight is 296 g/mol. The number of sulfonamides is 1. The zero-order valence-corrected chi connectivity index (χ0v) is 12.6. The second-order valence-corrected chi connectivity index (χ2v) is 6.99. The third-order valence-corrected chi connectivity index (χ3v) is 5.74. The van der Waals surface area contributed by atoms with Gasteiger partial charge in [-0.3, -0.25) is 4.79 Å². The predicted octanol–water partition coefficient (Wildman–Crippen LogP) is 1.14. The molecule has 0 bridgehead atoms. The van der Waals surface area contributed by atoms with E-state index in [1.165, 1.54) is 4.31 Å². The SMILES string of the molecule is CNC(=O)C1CCCN(S(=O)(=O)c2ccccc2C)C1. The van der Waals surface area contributed by atoms with Crippen molar-refractivity contribution in [2.45, 2.75) is 24.7 Å². The third-order valence-electron chi connectivity index (χ3n) is 3.71. The minimum absolute atomic E-state index is 0.0883. The standard InChI is InChI=1S/C14H20N2O3S/c1-11-6-3-4-8-13(11)20(18,19)16-9-5-7-12(10-16)14(17)15-2/h3-4,6,8,12H,5,7,9-10H2,1-2H3,(H,15,17). The first-order chi connectivity index (χ1) is 9.46. The maximum atomic E-state index is 12.7. The Kier molecular flexibility index (Phi) is 4.45. The monoisotopic (exact) mass is 296 g/mol. The summed E-state index contributed by atoms with van der Waals surface area (Å²) < 4.78 is 26.7. The summed E-state index contributed by atoms with van der Waals surface area (Å²) in [6.45, 7) is 2.52. The first kappa shape index (κ1) is 15.0. The lowest BCUT2D eigenvalue weighted by Gasteiger charge is -2.31. The predicted molar refractivity (Wildman–Crippen MR) is 76.7 cm³/mol. The van der Waals surface area contributed by atoms with E-state index < -0.39 is 10.0 Å². The van der Waals surface area contributed by atoms with Crippen LogP contribution in [0, 0.1) is 12.8 Å². The molecular formula is C14H20N2O3S. The Labute approximate surface area is 120 Å². The van der Waals surface area contributed by atoms with E-state index in [4.69, 9.17) is 0 Å². The maximum absolute atomic E-state index is 12.7. The molecule has 1 amide bonds. The fourth-order valence-electron chi connectivity index (χ4n) is 2.56. The Morgan fingerprint density at radius 3 is 2.70 bits per heavy atom. The molecule has 1 aromatic rings. The Morgan fingerprint density at radius 1 is 1.35 bits per heavy atom. The Morgan fingerprint density at radius 2 is 2.05 bits per heavy atom. The van der Waals surface area contributed by atoms with Crippen LogP contribution in [0.15, 0.2) is 29.2 Å². The number of nitrogens with zero attached hydrogens (tertiary/aromatic N) is 1. The van der Waals surface area contributed by atoms with Gasteiger partial charge in [0.25, 0.3) is 0 Å². The van der Waals surface area contributed by atoms with Gasteiger partial charge < -0.3 is 5.32 Å². The van der Waals surface area contributed by atoms with Gasteiger partial charge in [0.15, 0.2) is 0 Å². The zero-order valence-electron chi connectivity index (χ0n) is 11.8. The van der Waals surface area contributed by atoms with E-state index in [2.05, 4.69) is 5.32 Å². The molecule has 1 fully saturated rings. The van der Waals surface area contributed by atoms with Crippen molar-refractivity contribution in [1.29, 1.82) is 0 Å². The zero-order chi connectivity index (χ0) is 14.8. The summed E-state index contributed by atoms with van der Waals surface area (Å²) in [6.07, 6.45) is 1.45. The highest BCUT2D eigenvalue weighted by Crippen LogP contribution is 2.25. The molecular weight excluding hydrogens is 276 g/mol. The number of carbonyl (C=O) groups excluding carboxylic acids is 1. The molecule has 1 aliphatic rings. The number of hydrogen-bond donors (Lipinski definition) is 1. The molecule has 0 aliphatic carbocycles. The highest BCUT2D eigenvalue weighted by atomic mass is 32.2. The molecule has 1 unspecified atom stereocenters. The lowest BCUT2D eigenvalue weighted by molar-refractivity contribution is -0.125. The van der Waals surface area contributed by atoms with Crippen molar-refractivity contribution in [2.24, 2.45) is 5.92 Å². The number of amides is 1. The number of hydrogen-bond acceptors (Lipinski definition) is 3. The molecule has 0 radical (unpaired) electrons. The van der Waals surface area contributed by atoms with Crippen LogP contribution in [0.2, 0.25) is 0 Å². The summed E-state index contributed by atoms with van der Waals surface area (Å²) in [4.78, 5) is 12.0. The summed E-state index contributed by atoms with van der Waals surface area (Å²) in [6, 6.07) is 6.94. The maximum Gasteiger partial charge on any atom is 0.243 e. The van der Waals surface area contributed by atoms with Gasteiger partial charge in [0.05, 0.1) is 10.8 Å². The van der Waals surface area contributed by atoms with Gasteiger partial charge in [-0.25, -0.2) is 8.42 Å². The first-order valence-corrected chi connectivity index (χ1v) is 8.18. The molecule has 0 saturated carbocycles. The average Bonchev–Trinajstić information content (AvgIpc) is 2.47. The molecule has 1 atom stereocenters. The number of carbonyl (C=O) groups is 1. The lowest BCUT2D eigenvalue weighted by atomic mass is 9.99. The largest absolute Gasteiger partial charge is 0.359 e. The molecule has 1 heterocycles. The van der Waals surface area contributed by atoms with Gasteiger partial charge in [0, 0.05) is 20.1 Å². The van der Waals surface area contributed by atoms with E-state index in [1.807, 2.05) is 6.07 Å². The van der Waals surface area contributed by atoms with Crippen LogP contribution in [-0.4, -0.2) is 38.8 Å². The molecule has 6 heteroatoms. The third kappa shape index (κ3) is 2.86. The van der Waals surface area contributed by atoms with Gasteiger partial charge in [-0.05, 0) is 31.4 Å². The van der Waals surface area contributed by atoms with E-state index in [1.54, 1.807) is 32.2 Å². The van der Waals surface area contributed by atoms with Crippen molar-refractivity contribution < 1.29 is 13.2 Å². The van der Waals surface area contributed by atoms with Crippen LogP contribution in [-0.2, 0) is 14.8 Å². The van der Waals surface area contributed by atoms with E-state index in [9.17, 15) is 13.2 Å². The van der Waals surface area contributed by atoms with Crippen LogP contribution in [0.3, 0.4) is 0 Å². The molecule has 110 valence electrons. The van der Waals surface area contributed by atoms with E-state index in [-0.39, 0.29) is 18.4 Å². The summed E-state index contributed by atoms with van der Waals surface area (Å²) in [5.74, 6) is -0.345. The van der Waals surface area contributed by atoms with Crippen LogP contribution in [0.4, 0.5) is 0 Å². The van der Waals surface area contributed by atoms with Gasteiger partial charge in [-0.15, -0.1) is 0 Å². The Balaban J connectivity index is 2.26. The van der Waals surface area contributed by atoms with Crippen LogP contribution >= 0.6 is 0 Å². The molecule has 5 nitrogen and oxygen atoms in total. The van der Waals surface area contributed by atoms with Gasteiger partial charge >= 0.3 is 0 Å². The van der Waals surface area contributed by atoms with Crippen molar-refractivity contribution in [3.05, 3.63) is 29.8 Å². The molecule has 20 heavy (non-hydrogen) atoms. The molecule has 2 rings (SSSR count). The van der Waals surface area contributed by atoms with Crippen LogP contribution in [0.5, 0.6) is 0 Å². The van der Waals surface area contributed by atoms with Crippen LogP contribution < -0.4 is 5.32 Å². The molecule has 1 aliphatic heterocycles. The summed E-state index contributed by atoms with van der Waals surface area (Å²) >= 11 is 0. The summed E-state index contributed by atoms with van der Waals surface area (Å²) in [5.41, 5.74) is 0.731. The summed E-state index contributed by atoms with van der Waals surface area (Å²) in [5, 5.41) is 2.60. The van der Waals surface area contributed by atoms with E-state index in [0.717, 1.165) is 12.0 Å². The quantitative estimate of drug-likeness (QED) is 0.909. The van der Waals surface area contributed by atoms with Crippen molar-refractivity contribution >= 4 is 15.9 Å². The number of aryl methyl sites for hydroxylation is 1. The first-order valence-electron chi connectivity index (χ1n) is 6.74. The fourth-order valence-corrected chi connectivity index (χ4v) is 4.31. The lowest BCUT2D eigenvalue weighted by Crippen LogP contribution is -2.44. The minimum atomic E-state index is -3.51. The van der Waals surface area contributed by atoms with Crippen molar-refractivity contribution in [3.8, 4) is 0 Å². The number of benzene rings is 1. The second-order valence-electron chi connectivity index (χ2n) is 5.08. The Bertz CT molecular complexity index is 598.